The van der Waals surface area contributed by atoms with Gasteiger partial charge in [0.25, 0.3) is 0 Å². The van der Waals surface area contributed by atoms with E-state index in [-0.39, 0.29) is 30.2 Å². The molecule has 33 heavy (non-hydrogen) atoms. The monoisotopic (exact) mass is 452 g/mol. The number of ether oxygens (including phenoxy) is 2. The van der Waals surface area contributed by atoms with Gasteiger partial charge < -0.3 is 9.47 Å². The maximum Gasteiger partial charge on any atom is 0.352 e. The van der Waals surface area contributed by atoms with Crippen LogP contribution in [0.5, 0.6) is 5.75 Å². The molecule has 4 aromatic rings. The largest absolute Gasteiger partial charge is 0.494 e. The second-order valence-corrected chi connectivity index (χ2v) is 8.50. The first-order chi connectivity index (χ1) is 15.9. The highest BCUT2D eigenvalue weighted by molar-refractivity contribution is 5.89. The molecule has 0 spiro atoms. The fourth-order valence-electron chi connectivity index (χ4n) is 4.54. The van der Waals surface area contributed by atoms with E-state index in [4.69, 9.17) is 9.47 Å². The molecule has 2 atom stereocenters. The van der Waals surface area contributed by atoms with E-state index in [1.165, 1.54) is 28.6 Å². The van der Waals surface area contributed by atoms with Crippen LogP contribution in [-0.2, 0) is 17.8 Å². The second kappa shape index (κ2) is 8.53. The summed E-state index contributed by atoms with van der Waals surface area (Å²) in [6, 6.07) is 6.54. The summed E-state index contributed by atoms with van der Waals surface area (Å²) in [4.78, 5) is 24.4. The van der Waals surface area contributed by atoms with Crippen molar-refractivity contribution in [3.63, 3.8) is 0 Å². The van der Waals surface area contributed by atoms with Crippen molar-refractivity contribution in [3.05, 3.63) is 64.2 Å². The third kappa shape index (κ3) is 4.07. The molecule has 1 fully saturated rings. The minimum absolute atomic E-state index is 0.121. The third-order valence-electron chi connectivity index (χ3n) is 5.84. The van der Waals surface area contributed by atoms with Gasteiger partial charge in [-0.3, -0.25) is 9.47 Å². The SMILES string of the molecule is COc1cc(Cn2c(=O)n3ncnc3c3cc(CN4CC(C)OC(C)C4)cnc32)ccc1F. The average Bonchev–Trinajstić information content (AvgIpc) is 3.27. The molecule has 0 bridgehead atoms. The summed E-state index contributed by atoms with van der Waals surface area (Å²) >= 11 is 0. The summed E-state index contributed by atoms with van der Waals surface area (Å²) in [5.74, 6) is -0.337. The molecular weight excluding hydrogens is 427 g/mol. The van der Waals surface area contributed by atoms with Gasteiger partial charge in [0.15, 0.2) is 17.2 Å². The van der Waals surface area contributed by atoms with Crippen LogP contribution in [0.25, 0.3) is 16.7 Å². The van der Waals surface area contributed by atoms with Crippen LogP contribution in [-0.4, -0.2) is 61.5 Å². The third-order valence-corrected chi connectivity index (χ3v) is 5.84. The Morgan fingerprint density at radius 2 is 1.88 bits per heavy atom. The minimum Gasteiger partial charge on any atom is -0.494 e. The van der Waals surface area contributed by atoms with Gasteiger partial charge in [0.2, 0.25) is 0 Å². The van der Waals surface area contributed by atoms with Crippen LogP contribution in [0.3, 0.4) is 0 Å². The zero-order valence-corrected chi connectivity index (χ0v) is 18.7. The number of morpholine rings is 1. The Morgan fingerprint density at radius 1 is 1.09 bits per heavy atom. The predicted octanol–water partition coefficient (Wildman–Crippen LogP) is 2.24. The Bertz CT molecular complexity index is 1370. The number of pyridine rings is 1. The summed E-state index contributed by atoms with van der Waals surface area (Å²) < 4.78 is 27.6. The van der Waals surface area contributed by atoms with Crippen LogP contribution in [0.2, 0.25) is 0 Å². The number of halogens is 1. The molecule has 1 aliphatic heterocycles. The summed E-state index contributed by atoms with van der Waals surface area (Å²) in [5.41, 5.74) is 2.31. The van der Waals surface area contributed by atoms with Crippen LogP contribution in [0.1, 0.15) is 25.0 Å². The number of hydrogen-bond donors (Lipinski definition) is 0. The topological polar surface area (TPSA) is 86.8 Å². The molecule has 0 amide bonds. The molecule has 2 unspecified atom stereocenters. The maximum absolute atomic E-state index is 13.9. The van der Waals surface area contributed by atoms with Crippen molar-refractivity contribution in [3.8, 4) is 5.75 Å². The van der Waals surface area contributed by atoms with E-state index in [1.54, 1.807) is 18.3 Å². The Labute approximate surface area is 189 Å². The van der Waals surface area contributed by atoms with Crippen LogP contribution in [0.4, 0.5) is 4.39 Å². The van der Waals surface area contributed by atoms with E-state index in [0.29, 0.717) is 16.9 Å². The van der Waals surface area contributed by atoms with Crippen LogP contribution in [0.15, 0.2) is 41.6 Å². The van der Waals surface area contributed by atoms with Crippen molar-refractivity contribution in [1.82, 2.24) is 29.0 Å². The number of aromatic nitrogens is 5. The zero-order valence-electron chi connectivity index (χ0n) is 18.7. The van der Waals surface area contributed by atoms with Crippen molar-refractivity contribution >= 4 is 16.7 Å². The smallest absolute Gasteiger partial charge is 0.352 e. The van der Waals surface area contributed by atoms with E-state index in [9.17, 15) is 9.18 Å². The molecule has 0 aliphatic carbocycles. The Hall–Kier alpha value is -3.37. The van der Waals surface area contributed by atoms with Gasteiger partial charge in [-0.2, -0.15) is 9.61 Å². The first-order valence-corrected chi connectivity index (χ1v) is 10.8. The molecule has 5 rings (SSSR count). The normalized spacial score (nSPS) is 19.4. The van der Waals surface area contributed by atoms with Crippen molar-refractivity contribution in [1.29, 1.82) is 0 Å². The van der Waals surface area contributed by atoms with Crippen molar-refractivity contribution in [2.75, 3.05) is 20.2 Å². The average molecular weight is 452 g/mol. The van der Waals surface area contributed by atoms with Crippen LogP contribution in [0, 0.1) is 5.82 Å². The van der Waals surface area contributed by atoms with Crippen LogP contribution < -0.4 is 10.4 Å². The molecule has 3 aromatic heterocycles. The van der Waals surface area contributed by atoms with Gasteiger partial charge in [0.05, 0.1) is 31.2 Å². The molecule has 1 aromatic carbocycles. The van der Waals surface area contributed by atoms with Crippen molar-refractivity contribution in [2.24, 2.45) is 0 Å². The number of hydrogen-bond acceptors (Lipinski definition) is 7. The lowest BCUT2D eigenvalue weighted by atomic mass is 10.1. The van der Waals surface area contributed by atoms with E-state index < -0.39 is 5.82 Å². The molecule has 10 heteroatoms. The van der Waals surface area contributed by atoms with Gasteiger partial charge in [-0.05, 0) is 43.2 Å². The van der Waals surface area contributed by atoms with Gasteiger partial charge in [0.1, 0.15) is 12.0 Å². The summed E-state index contributed by atoms with van der Waals surface area (Å²) in [6.45, 7) is 6.74. The van der Waals surface area contributed by atoms with Gasteiger partial charge in [0, 0.05) is 25.8 Å². The lowest BCUT2D eigenvalue weighted by Crippen LogP contribution is -2.44. The first-order valence-electron chi connectivity index (χ1n) is 10.8. The lowest BCUT2D eigenvalue weighted by Gasteiger charge is -2.35. The first kappa shape index (κ1) is 21.5. The standard InChI is InChI=1S/C23H25FN6O3/c1-14-9-28(10-15(2)33-14)11-17-6-18-21(25-8-17)29(23(31)30-22(18)26-13-27-30)12-16-4-5-19(24)20(7-16)32-3/h4-8,13-15H,9-12H2,1-3H3. The predicted molar refractivity (Wildman–Crippen MR) is 120 cm³/mol. The summed E-state index contributed by atoms with van der Waals surface area (Å²) in [7, 11) is 1.41. The number of fused-ring (bicyclic) bond motifs is 3. The molecule has 0 radical (unpaired) electrons. The number of nitrogens with zero attached hydrogens (tertiary/aromatic N) is 6. The Kier molecular flexibility index (Phi) is 5.55. The van der Waals surface area contributed by atoms with Gasteiger partial charge in [-0.1, -0.05) is 6.07 Å². The lowest BCUT2D eigenvalue weighted by molar-refractivity contribution is -0.0705. The Balaban J connectivity index is 1.57. The highest BCUT2D eigenvalue weighted by atomic mass is 19.1. The molecule has 4 heterocycles. The second-order valence-electron chi connectivity index (χ2n) is 8.50. The molecule has 0 N–H and O–H groups in total. The minimum atomic E-state index is -0.459. The van der Waals surface area contributed by atoms with Crippen molar-refractivity contribution < 1.29 is 13.9 Å². The highest BCUT2D eigenvalue weighted by Crippen LogP contribution is 2.22. The van der Waals surface area contributed by atoms with E-state index in [0.717, 1.165) is 30.6 Å². The Morgan fingerprint density at radius 3 is 2.64 bits per heavy atom. The van der Waals surface area contributed by atoms with Gasteiger partial charge >= 0.3 is 5.69 Å². The van der Waals surface area contributed by atoms with E-state index in [1.807, 2.05) is 6.07 Å². The van der Waals surface area contributed by atoms with Crippen LogP contribution >= 0.6 is 0 Å². The maximum atomic E-state index is 13.9. The molecule has 1 aliphatic rings. The van der Waals surface area contributed by atoms with Gasteiger partial charge in [-0.15, -0.1) is 0 Å². The number of benzene rings is 1. The summed E-state index contributed by atoms with van der Waals surface area (Å²) in [6.07, 6.45) is 3.49. The number of methoxy groups -OCH3 is 1. The van der Waals surface area contributed by atoms with E-state index >= 15 is 0 Å². The molecule has 172 valence electrons. The zero-order chi connectivity index (χ0) is 23.1. The summed E-state index contributed by atoms with van der Waals surface area (Å²) in [5, 5.41) is 4.85. The van der Waals surface area contributed by atoms with E-state index in [2.05, 4.69) is 33.8 Å². The fourth-order valence-corrected chi connectivity index (χ4v) is 4.54. The quantitative estimate of drug-likeness (QED) is 0.459. The number of rotatable bonds is 5. The van der Waals surface area contributed by atoms with Crippen molar-refractivity contribution in [2.45, 2.75) is 39.1 Å². The highest BCUT2D eigenvalue weighted by Gasteiger charge is 2.23. The molecule has 9 nitrogen and oxygen atoms in total. The molecular formula is C23H25FN6O3. The molecule has 0 saturated carbocycles. The fraction of sp³-hybridized carbons (Fsp3) is 0.391. The van der Waals surface area contributed by atoms with Gasteiger partial charge in [-0.25, -0.2) is 19.2 Å². The molecule has 1 saturated heterocycles.